The number of aliphatic hydroxyl groups is 1. The van der Waals surface area contributed by atoms with E-state index in [1.165, 1.54) is 0 Å². The largest absolute Gasteiger partial charge is 0.496 e. The van der Waals surface area contributed by atoms with Gasteiger partial charge < -0.3 is 28.6 Å². The molecule has 0 aliphatic carbocycles. The molecule has 0 amide bonds. The molecule has 33 heavy (non-hydrogen) atoms. The summed E-state index contributed by atoms with van der Waals surface area (Å²) in [6.07, 6.45) is 5.73. The third-order valence-electron chi connectivity index (χ3n) is 7.25. The summed E-state index contributed by atoms with van der Waals surface area (Å²) in [5.74, 6) is 0. The fourth-order valence-corrected chi connectivity index (χ4v) is 5.24. The first-order valence-electron chi connectivity index (χ1n) is 11.1. The van der Waals surface area contributed by atoms with Crippen molar-refractivity contribution in [2.75, 3.05) is 13.2 Å². The van der Waals surface area contributed by atoms with E-state index in [2.05, 4.69) is 25.9 Å². The molecule has 4 atom stereocenters. The molecule has 3 aliphatic heterocycles. The molecule has 1 N–H and O–H groups in total. The van der Waals surface area contributed by atoms with E-state index in [-0.39, 0.29) is 18.8 Å². The summed E-state index contributed by atoms with van der Waals surface area (Å²) in [6.45, 7) is 9.63. The van der Waals surface area contributed by atoms with E-state index in [9.17, 15) is 5.11 Å². The molecule has 8 nitrogen and oxygen atoms in total. The van der Waals surface area contributed by atoms with Crippen molar-refractivity contribution < 1.29 is 28.6 Å². The van der Waals surface area contributed by atoms with Gasteiger partial charge >= 0.3 is 7.12 Å². The molecule has 3 aliphatic rings. The van der Waals surface area contributed by atoms with E-state index >= 15 is 0 Å². The molecule has 0 aromatic carbocycles. The first kappa shape index (κ1) is 23.4. The van der Waals surface area contributed by atoms with E-state index < -0.39 is 24.4 Å². The molecule has 1 fully saturated rings. The molecular formula is C23H28BBrN2O6. The maximum Gasteiger partial charge on any atom is 0.496 e. The summed E-state index contributed by atoms with van der Waals surface area (Å²) in [6, 6.07) is 0. The number of rotatable bonds is 4. The zero-order valence-corrected chi connectivity index (χ0v) is 20.8. The van der Waals surface area contributed by atoms with Crippen LogP contribution < -0.4 is 5.46 Å². The van der Waals surface area contributed by atoms with Crippen LogP contribution in [0.5, 0.6) is 0 Å². The van der Waals surface area contributed by atoms with Crippen LogP contribution in [0.25, 0.3) is 0 Å². The Morgan fingerprint density at radius 1 is 1.03 bits per heavy atom. The van der Waals surface area contributed by atoms with E-state index in [1.807, 2.05) is 33.9 Å². The molecular weight excluding hydrogens is 491 g/mol. The Bertz CT molecular complexity index is 1060. The average Bonchev–Trinajstić information content (AvgIpc) is 3.04. The van der Waals surface area contributed by atoms with Crippen molar-refractivity contribution in [2.24, 2.45) is 0 Å². The summed E-state index contributed by atoms with van der Waals surface area (Å²) in [7, 11) is -0.655. The Morgan fingerprint density at radius 3 is 2.55 bits per heavy atom. The molecule has 1 saturated heterocycles. The van der Waals surface area contributed by atoms with Crippen molar-refractivity contribution in [3.8, 4) is 0 Å². The summed E-state index contributed by atoms with van der Waals surface area (Å²) in [5, 5.41) is 10.3. The zero-order chi connectivity index (χ0) is 23.4. The number of hydrogen-bond donors (Lipinski definition) is 1. The molecule has 0 bridgehead atoms. The number of nitrogens with zero attached hydrogens (tertiary/aromatic N) is 2. The van der Waals surface area contributed by atoms with E-state index in [0.717, 1.165) is 32.2 Å². The molecule has 2 aromatic rings. The lowest BCUT2D eigenvalue weighted by molar-refractivity contribution is -0.157. The fraction of sp³-hybridized carbons (Fsp3) is 0.565. The second kappa shape index (κ2) is 8.68. The standard InChI is InChI=1S/C23H28BBrN2O6/c1-13(31-21-12-30-10-17-15(21)6-27-8-19(17)25)23(4)22(2,3)32-24(33-23)18-7-26-5-14-16(18)9-29-11-20(14)28/h5-8,13,20-21,28H,9-12H2,1-4H3/t13-,20?,21?,23?/m1/s1. The van der Waals surface area contributed by atoms with E-state index in [4.69, 9.17) is 23.5 Å². The first-order valence-corrected chi connectivity index (χ1v) is 11.9. The number of pyridine rings is 2. The van der Waals surface area contributed by atoms with Crippen molar-refractivity contribution in [3.05, 3.63) is 51.5 Å². The molecule has 3 unspecified atom stereocenters. The minimum Gasteiger partial charge on any atom is -0.399 e. The zero-order valence-electron chi connectivity index (χ0n) is 19.2. The van der Waals surface area contributed by atoms with E-state index in [0.29, 0.717) is 19.8 Å². The summed E-state index contributed by atoms with van der Waals surface area (Å²) < 4.78 is 31.8. The van der Waals surface area contributed by atoms with Crippen molar-refractivity contribution >= 4 is 28.5 Å². The topological polar surface area (TPSA) is 92.2 Å². The van der Waals surface area contributed by atoms with Gasteiger partial charge in [0.1, 0.15) is 17.8 Å². The molecule has 5 heterocycles. The molecule has 176 valence electrons. The maximum atomic E-state index is 10.3. The molecule has 10 heteroatoms. The SMILES string of the molecule is C[C@@H](OC1COCc2c(Br)cncc21)C1(C)OB(c2cncc3c2COCC3O)OC1(C)C. The fourth-order valence-electron chi connectivity index (χ4n) is 4.78. The van der Waals surface area contributed by atoms with Crippen LogP contribution in [-0.2, 0) is 36.7 Å². The Balaban J connectivity index is 1.41. The highest BCUT2D eigenvalue weighted by atomic mass is 79.9. The van der Waals surface area contributed by atoms with Crippen LogP contribution in [-0.4, -0.2) is 52.7 Å². The molecule has 0 saturated carbocycles. The van der Waals surface area contributed by atoms with Crippen LogP contribution in [0.15, 0.2) is 29.3 Å². The maximum absolute atomic E-state index is 10.3. The normalized spacial score (nSPS) is 29.5. The highest BCUT2D eigenvalue weighted by Crippen LogP contribution is 2.43. The van der Waals surface area contributed by atoms with Gasteiger partial charge in [0.05, 0.1) is 38.1 Å². The van der Waals surface area contributed by atoms with Gasteiger partial charge in [-0.25, -0.2) is 0 Å². The number of ether oxygens (including phenoxy) is 3. The highest BCUT2D eigenvalue weighted by molar-refractivity contribution is 9.10. The average molecular weight is 519 g/mol. The predicted molar refractivity (Wildman–Crippen MR) is 124 cm³/mol. The molecule has 5 rings (SSSR count). The Labute approximate surface area is 202 Å². The van der Waals surface area contributed by atoms with Gasteiger partial charge in [0.2, 0.25) is 0 Å². The minimum atomic E-state index is -0.772. The van der Waals surface area contributed by atoms with Gasteiger partial charge in [-0.1, -0.05) is 0 Å². The Hall–Kier alpha value is -1.40. The molecule has 0 spiro atoms. The number of aromatic nitrogens is 2. The molecule has 2 aromatic heterocycles. The summed E-state index contributed by atoms with van der Waals surface area (Å²) in [4.78, 5) is 8.65. The second-order valence-electron chi connectivity index (χ2n) is 9.48. The monoisotopic (exact) mass is 518 g/mol. The predicted octanol–water partition coefficient (Wildman–Crippen LogP) is 2.76. The summed E-state index contributed by atoms with van der Waals surface area (Å²) in [5.41, 5.74) is 3.04. The third-order valence-corrected chi connectivity index (χ3v) is 7.94. The first-order chi connectivity index (χ1) is 15.7. The van der Waals surface area contributed by atoms with E-state index in [1.54, 1.807) is 18.6 Å². The van der Waals surface area contributed by atoms with Crippen molar-refractivity contribution in [1.82, 2.24) is 9.97 Å². The van der Waals surface area contributed by atoms with Crippen LogP contribution in [0.4, 0.5) is 0 Å². The lowest BCUT2D eigenvalue weighted by Gasteiger charge is -2.42. The van der Waals surface area contributed by atoms with Crippen LogP contribution in [0.1, 0.15) is 62.2 Å². The highest BCUT2D eigenvalue weighted by Gasteiger charge is 2.59. The number of fused-ring (bicyclic) bond motifs is 2. The van der Waals surface area contributed by atoms with Crippen molar-refractivity contribution in [2.45, 2.75) is 70.4 Å². The van der Waals surface area contributed by atoms with Gasteiger partial charge in [0.25, 0.3) is 0 Å². The lowest BCUT2D eigenvalue weighted by atomic mass is 9.75. The van der Waals surface area contributed by atoms with Crippen LogP contribution in [0, 0.1) is 0 Å². The number of aliphatic hydroxyl groups excluding tert-OH is 1. The van der Waals surface area contributed by atoms with Gasteiger partial charge in [-0.15, -0.1) is 0 Å². The van der Waals surface area contributed by atoms with Crippen molar-refractivity contribution in [1.29, 1.82) is 0 Å². The third kappa shape index (κ3) is 3.95. The minimum absolute atomic E-state index is 0.258. The van der Waals surface area contributed by atoms with Gasteiger partial charge in [0.15, 0.2) is 0 Å². The van der Waals surface area contributed by atoms with Crippen LogP contribution >= 0.6 is 15.9 Å². The lowest BCUT2D eigenvalue weighted by Crippen LogP contribution is -2.54. The number of halogens is 1. The van der Waals surface area contributed by atoms with Crippen LogP contribution in [0.2, 0.25) is 0 Å². The Kier molecular flexibility index (Phi) is 6.14. The van der Waals surface area contributed by atoms with Gasteiger partial charge in [-0.05, 0) is 49.2 Å². The van der Waals surface area contributed by atoms with Crippen molar-refractivity contribution in [3.63, 3.8) is 0 Å². The van der Waals surface area contributed by atoms with Crippen LogP contribution in [0.3, 0.4) is 0 Å². The Morgan fingerprint density at radius 2 is 1.73 bits per heavy atom. The second-order valence-corrected chi connectivity index (χ2v) is 10.3. The quantitative estimate of drug-likeness (QED) is 0.618. The van der Waals surface area contributed by atoms with Gasteiger partial charge in [0, 0.05) is 51.4 Å². The molecule has 0 radical (unpaired) electrons. The number of hydrogen-bond acceptors (Lipinski definition) is 8. The van der Waals surface area contributed by atoms with Gasteiger partial charge in [-0.3, -0.25) is 9.97 Å². The van der Waals surface area contributed by atoms with Gasteiger partial charge in [-0.2, -0.15) is 0 Å². The summed E-state index contributed by atoms with van der Waals surface area (Å²) >= 11 is 3.56. The smallest absolute Gasteiger partial charge is 0.399 e.